The summed E-state index contributed by atoms with van der Waals surface area (Å²) in [6.07, 6.45) is 2.60. The second-order valence-electron chi connectivity index (χ2n) is 8.95. The molecule has 2 N–H and O–H groups in total. The highest BCUT2D eigenvalue weighted by Crippen LogP contribution is 2.24. The molecule has 2 saturated heterocycles. The van der Waals surface area contributed by atoms with Crippen LogP contribution >= 0.6 is 11.3 Å². The average molecular weight is 516 g/mol. The number of carbonyl (C=O) groups excluding carboxylic acids is 1. The molecule has 1 amide bonds. The maximum Gasteiger partial charge on any atom is 0.240 e. The zero-order valence-electron chi connectivity index (χ0n) is 19.6. The first-order valence-electron chi connectivity index (χ1n) is 11.8. The van der Waals surface area contributed by atoms with E-state index >= 15 is 0 Å². The molecule has 0 bridgehead atoms. The Kier molecular flexibility index (Phi) is 7.58. The van der Waals surface area contributed by atoms with Crippen LogP contribution in [-0.4, -0.2) is 88.0 Å². The monoisotopic (exact) mass is 515 g/mol. The lowest BCUT2D eigenvalue weighted by atomic mass is 10.2. The van der Waals surface area contributed by atoms with Crippen LogP contribution in [0.2, 0.25) is 0 Å². The van der Waals surface area contributed by atoms with Crippen molar-refractivity contribution in [2.45, 2.75) is 19.0 Å². The van der Waals surface area contributed by atoms with Crippen LogP contribution in [0.4, 0.5) is 24.9 Å². The number of aromatic nitrogens is 4. The van der Waals surface area contributed by atoms with Crippen molar-refractivity contribution in [3.63, 3.8) is 0 Å². The highest BCUT2D eigenvalue weighted by atomic mass is 32.1. The lowest BCUT2D eigenvalue weighted by Crippen LogP contribution is -2.48. The van der Waals surface area contributed by atoms with Gasteiger partial charge in [-0.05, 0) is 36.2 Å². The Bertz CT molecular complexity index is 1150. The van der Waals surface area contributed by atoms with Gasteiger partial charge in [0.05, 0.1) is 6.54 Å². The van der Waals surface area contributed by atoms with Crippen molar-refractivity contribution in [3.8, 4) is 0 Å². The number of amides is 1. The highest BCUT2D eigenvalue weighted by molar-refractivity contribution is 7.19. The summed E-state index contributed by atoms with van der Waals surface area (Å²) in [6.45, 7) is 5.21. The third-order valence-corrected chi connectivity index (χ3v) is 7.00. The number of piperazine rings is 1. The minimum Gasteiger partial charge on any atom is -0.355 e. The lowest BCUT2D eigenvalue weighted by Gasteiger charge is -2.34. The van der Waals surface area contributed by atoms with E-state index in [9.17, 15) is 13.6 Å². The summed E-state index contributed by atoms with van der Waals surface area (Å²) in [4.78, 5) is 18.9. The Morgan fingerprint density at radius 3 is 2.50 bits per heavy atom. The van der Waals surface area contributed by atoms with Crippen molar-refractivity contribution in [1.82, 2.24) is 30.2 Å². The van der Waals surface area contributed by atoms with Gasteiger partial charge in [-0.2, -0.15) is 5.10 Å². The Morgan fingerprint density at radius 2 is 1.75 bits per heavy atom. The lowest BCUT2D eigenvalue weighted by molar-refractivity contribution is -0.117. The van der Waals surface area contributed by atoms with Gasteiger partial charge in [0.2, 0.25) is 16.2 Å². The molecule has 2 aromatic heterocycles. The summed E-state index contributed by atoms with van der Waals surface area (Å²) in [5.41, 5.74) is 0.610. The van der Waals surface area contributed by atoms with E-state index < -0.39 is 11.6 Å². The van der Waals surface area contributed by atoms with Crippen molar-refractivity contribution in [3.05, 3.63) is 53.7 Å². The molecule has 0 spiro atoms. The number of benzene rings is 1. The molecule has 4 heterocycles. The molecule has 5 rings (SSSR count). The van der Waals surface area contributed by atoms with E-state index in [-0.39, 0.29) is 18.5 Å². The maximum atomic E-state index is 13.4. The van der Waals surface area contributed by atoms with Gasteiger partial charge in [0.1, 0.15) is 11.6 Å². The molecule has 2 fully saturated rings. The summed E-state index contributed by atoms with van der Waals surface area (Å²) in [6, 6.07) is 7.62. The van der Waals surface area contributed by atoms with Gasteiger partial charge in [-0.15, -0.1) is 15.3 Å². The van der Waals surface area contributed by atoms with Crippen LogP contribution in [0.3, 0.4) is 0 Å². The van der Waals surface area contributed by atoms with E-state index in [2.05, 4.69) is 45.7 Å². The van der Waals surface area contributed by atoms with Crippen LogP contribution in [0.25, 0.3) is 0 Å². The van der Waals surface area contributed by atoms with Crippen LogP contribution < -0.4 is 15.5 Å². The van der Waals surface area contributed by atoms with E-state index in [0.717, 1.165) is 31.4 Å². The smallest absolute Gasteiger partial charge is 0.240 e. The maximum absolute atomic E-state index is 13.4. The van der Waals surface area contributed by atoms with Crippen molar-refractivity contribution in [2.24, 2.45) is 0 Å². The number of hydrogen-bond acceptors (Lipinski definition) is 10. The van der Waals surface area contributed by atoms with E-state index in [1.54, 1.807) is 6.20 Å². The van der Waals surface area contributed by atoms with E-state index in [1.807, 2.05) is 12.1 Å². The van der Waals surface area contributed by atoms with Gasteiger partial charge in [-0.1, -0.05) is 11.3 Å². The standard InChI is InChI=1S/C23H27F2N9OS/c24-17-10-16(11-18(25)12-17)13-32-6-8-33(9-7-32)15-21(35)28-23-31-30-22(36-23)27-19-3-5-34(14-19)20-2-1-4-26-29-20/h1-2,4,10-12,19H,3,5-9,13-15H2,(H,27,30)(H,28,31,35)/t19-/m1/s1. The third kappa shape index (κ3) is 6.47. The Labute approximate surface area is 211 Å². The summed E-state index contributed by atoms with van der Waals surface area (Å²) >= 11 is 1.31. The van der Waals surface area contributed by atoms with E-state index in [0.29, 0.717) is 48.6 Å². The predicted octanol–water partition coefficient (Wildman–Crippen LogP) is 2.05. The molecule has 0 aliphatic carbocycles. The Hall–Kier alpha value is -3.29. The van der Waals surface area contributed by atoms with Gasteiger partial charge in [0.25, 0.3) is 0 Å². The zero-order valence-corrected chi connectivity index (χ0v) is 20.4. The molecule has 0 radical (unpaired) electrons. The van der Waals surface area contributed by atoms with Gasteiger partial charge >= 0.3 is 0 Å². The number of halogens is 2. The fourth-order valence-electron chi connectivity index (χ4n) is 4.48. The molecular weight excluding hydrogens is 488 g/mol. The van der Waals surface area contributed by atoms with Crippen LogP contribution in [0.1, 0.15) is 12.0 Å². The molecule has 190 valence electrons. The second-order valence-corrected chi connectivity index (χ2v) is 9.93. The Balaban J connectivity index is 1.04. The fourth-order valence-corrected chi connectivity index (χ4v) is 5.22. The molecule has 0 saturated carbocycles. The summed E-state index contributed by atoms with van der Waals surface area (Å²) in [5, 5.41) is 23.7. The molecule has 2 aliphatic heterocycles. The second kappa shape index (κ2) is 11.2. The molecule has 1 aromatic carbocycles. The van der Waals surface area contributed by atoms with E-state index in [1.165, 1.54) is 23.5 Å². The van der Waals surface area contributed by atoms with Gasteiger partial charge in [-0.25, -0.2) is 8.78 Å². The molecule has 2 aliphatic rings. The number of nitrogens with one attached hydrogen (secondary N) is 2. The number of anilines is 3. The fraction of sp³-hybridized carbons (Fsp3) is 0.435. The number of nitrogens with zero attached hydrogens (tertiary/aromatic N) is 7. The van der Waals surface area contributed by atoms with Crippen molar-refractivity contribution in [2.75, 3.05) is 61.3 Å². The van der Waals surface area contributed by atoms with Gasteiger partial charge in [-0.3, -0.25) is 19.9 Å². The first kappa shape index (κ1) is 24.4. The Morgan fingerprint density at radius 1 is 1.00 bits per heavy atom. The number of carbonyl (C=O) groups is 1. The van der Waals surface area contributed by atoms with Crippen LogP contribution in [0, 0.1) is 11.6 Å². The van der Waals surface area contributed by atoms with Gasteiger partial charge in [0.15, 0.2) is 5.82 Å². The minimum atomic E-state index is -0.567. The van der Waals surface area contributed by atoms with E-state index in [4.69, 9.17) is 0 Å². The van der Waals surface area contributed by atoms with Crippen molar-refractivity contribution >= 4 is 33.3 Å². The zero-order chi connectivity index (χ0) is 24.9. The largest absolute Gasteiger partial charge is 0.355 e. The van der Waals surface area contributed by atoms with Crippen molar-refractivity contribution < 1.29 is 13.6 Å². The molecule has 10 nitrogen and oxygen atoms in total. The van der Waals surface area contributed by atoms with Gasteiger partial charge < -0.3 is 10.2 Å². The van der Waals surface area contributed by atoms with Crippen molar-refractivity contribution in [1.29, 1.82) is 0 Å². The molecular formula is C23H27F2N9OS. The number of rotatable bonds is 8. The predicted molar refractivity (Wildman–Crippen MR) is 133 cm³/mol. The molecule has 3 aromatic rings. The third-order valence-electron chi connectivity index (χ3n) is 6.23. The normalized spacial score (nSPS) is 18.9. The van der Waals surface area contributed by atoms with Crippen LogP contribution in [0.5, 0.6) is 0 Å². The minimum absolute atomic E-state index is 0.145. The molecule has 0 unspecified atom stereocenters. The average Bonchev–Trinajstić information content (AvgIpc) is 3.50. The highest BCUT2D eigenvalue weighted by Gasteiger charge is 2.25. The van der Waals surface area contributed by atoms with Gasteiger partial charge in [0, 0.05) is 64.1 Å². The topological polar surface area (TPSA) is 102 Å². The quantitative estimate of drug-likeness (QED) is 0.467. The SMILES string of the molecule is O=C(CN1CCN(Cc2cc(F)cc(F)c2)CC1)Nc1nnc(N[C@@H]2CCN(c3cccnn3)C2)s1. The summed E-state index contributed by atoms with van der Waals surface area (Å²) in [5.74, 6) is -0.422. The molecule has 36 heavy (non-hydrogen) atoms. The first-order valence-corrected chi connectivity index (χ1v) is 12.6. The molecule has 13 heteroatoms. The summed E-state index contributed by atoms with van der Waals surface area (Å²) in [7, 11) is 0. The van der Waals surface area contributed by atoms with Crippen LogP contribution in [0.15, 0.2) is 36.5 Å². The summed E-state index contributed by atoms with van der Waals surface area (Å²) < 4.78 is 26.8. The molecule has 1 atom stereocenters. The van der Waals surface area contributed by atoms with Crippen LogP contribution in [-0.2, 0) is 11.3 Å². The first-order chi connectivity index (χ1) is 17.5. The number of hydrogen-bond donors (Lipinski definition) is 2.